The number of ketones is 1. The molecule has 2 rings (SSSR count). The van der Waals surface area contributed by atoms with Crippen molar-refractivity contribution in [2.24, 2.45) is 0 Å². The third-order valence-corrected chi connectivity index (χ3v) is 2.96. The lowest BCUT2D eigenvalue weighted by molar-refractivity contribution is -0.398. The van der Waals surface area contributed by atoms with E-state index in [1.807, 2.05) is 0 Å². The maximum absolute atomic E-state index is 11.9. The third-order valence-electron chi connectivity index (χ3n) is 2.96. The smallest absolute Gasteiger partial charge is 0.266 e. The average Bonchev–Trinajstić information content (AvgIpc) is 2.54. The first-order chi connectivity index (χ1) is 10.5. The van der Waals surface area contributed by atoms with E-state index in [0.29, 0.717) is 11.1 Å². The van der Waals surface area contributed by atoms with Gasteiger partial charge in [-0.05, 0) is 17.7 Å². The molecule has 0 bridgehead atoms. The Kier molecular flexibility index (Phi) is 4.53. The van der Waals surface area contributed by atoms with Crippen LogP contribution in [0.5, 0.6) is 11.5 Å². The van der Waals surface area contributed by atoms with Gasteiger partial charge < -0.3 is 9.84 Å². The number of carbonyl (C=O) groups excluding carboxylic acids is 1. The van der Waals surface area contributed by atoms with E-state index in [9.17, 15) is 20.0 Å². The lowest BCUT2D eigenvalue weighted by atomic mass is 10.1. The van der Waals surface area contributed by atoms with Crippen LogP contribution in [0.15, 0.2) is 48.5 Å². The number of hydrogen-bond acceptors (Lipinski definition) is 5. The van der Waals surface area contributed by atoms with Crippen molar-refractivity contribution in [2.45, 2.75) is 0 Å². The van der Waals surface area contributed by atoms with Crippen LogP contribution < -0.4 is 9.84 Å². The molecular weight excluding hydrogens is 286 g/mol. The fraction of sp³-hybridized carbons (Fsp3) is 0.0625. The van der Waals surface area contributed by atoms with Gasteiger partial charge in [-0.2, -0.15) is 0 Å². The molecule has 6 nitrogen and oxygen atoms in total. The number of methoxy groups -OCH3 is 1. The molecule has 2 aromatic rings. The van der Waals surface area contributed by atoms with Gasteiger partial charge in [0.1, 0.15) is 5.75 Å². The summed E-state index contributed by atoms with van der Waals surface area (Å²) in [5, 5.41) is 22.6. The van der Waals surface area contributed by atoms with Crippen LogP contribution in [-0.2, 0) is 0 Å². The zero-order valence-corrected chi connectivity index (χ0v) is 11.7. The van der Waals surface area contributed by atoms with Crippen molar-refractivity contribution in [1.29, 1.82) is 0 Å². The number of hydrogen-bond donors (Lipinski definition) is 0. The Morgan fingerprint density at radius 3 is 2.50 bits per heavy atom. The highest BCUT2D eigenvalue weighted by Crippen LogP contribution is 2.34. The van der Waals surface area contributed by atoms with Crippen LogP contribution in [0.25, 0.3) is 6.08 Å². The zero-order chi connectivity index (χ0) is 16.1. The highest BCUT2D eigenvalue weighted by atomic mass is 16.6. The van der Waals surface area contributed by atoms with Gasteiger partial charge in [-0.15, -0.1) is 0 Å². The van der Waals surface area contributed by atoms with Crippen molar-refractivity contribution in [3.05, 3.63) is 69.8 Å². The summed E-state index contributed by atoms with van der Waals surface area (Å²) in [6, 6.07) is 11.1. The molecule has 0 aliphatic rings. The van der Waals surface area contributed by atoms with Gasteiger partial charge in [-0.3, -0.25) is 14.9 Å². The third kappa shape index (κ3) is 3.29. The highest BCUT2D eigenvalue weighted by molar-refractivity contribution is 6.06. The molecule has 22 heavy (non-hydrogen) atoms. The lowest BCUT2D eigenvalue weighted by Gasteiger charge is -2.13. The number of allylic oxidation sites excluding steroid dienone is 1. The van der Waals surface area contributed by atoms with E-state index < -0.39 is 16.4 Å². The molecule has 112 valence electrons. The Morgan fingerprint density at radius 1 is 1.23 bits per heavy atom. The molecular formula is C16H12NO5-. The Balaban J connectivity index is 2.33. The monoisotopic (exact) mass is 298 g/mol. The molecule has 0 aromatic heterocycles. The van der Waals surface area contributed by atoms with Crippen LogP contribution in [0.4, 0.5) is 5.69 Å². The number of ether oxygens (including phenoxy) is 1. The van der Waals surface area contributed by atoms with Gasteiger partial charge in [-0.1, -0.05) is 36.4 Å². The summed E-state index contributed by atoms with van der Waals surface area (Å²) in [5.74, 6) is -1.17. The van der Waals surface area contributed by atoms with Crippen LogP contribution in [0.1, 0.15) is 15.9 Å². The topological polar surface area (TPSA) is 92.5 Å². The summed E-state index contributed by atoms with van der Waals surface area (Å²) in [7, 11) is 1.25. The second kappa shape index (κ2) is 6.53. The Morgan fingerprint density at radius 2 is 1.91 bits per heavy atom. The van der Waals surface area contributed by atoms with E-state index in [4.69, 9.17) is 4.74 Å². The molecule has 0 saturated heterocycles. The second-order valence-electron chi connectivity index (χ2n) is 4.39. The maximum Gasteiger partial charge on any atom is 0.266 e. The van der Waals surface area contributed by atoms with E-state index >= 15 is 0 Å². The van der Waals surface area contributed by atoms with E-state index in [0.717, 1.165) is 6.07 Å². The largest absolute Gasteiger partial charge is 0.865 e. The number of carbonyl (C=O) groups is 1. The first-order valence-corrected chi connectivity index (χ1v) is 6.34. The summed E-state index contributed by atoms with van der Waals surface area (Å²) in [6.07, 6.45) is 2.70. The van der Waals surface area contributed by atoms with Crippen LogP contribution >= 0.6 is 0 Å². The number of nitro benzene ring substituents is 1. The summed E-state index contributed by atoms with van der Waals surface area (Å²) in [4.78, 5) is 22.0. The molecule has 0 fully saturated rings. The lowest BCUT2D eigenvalue weighted by Crippen LogP contribution is -2.01. The fourth-order valence-electron chi connectivity index (χ4n) is 1.86. The van der Waals surface area contributed by atoms with Crippen molar-refractivity contribution in [2.75, 3.05) is 7.11 Å². The van der Waals surface area contributed by atoms with Gasteiger partial charge in [-0.25, -0.2) is 0 Å². The zero-order valence-electron chi connectivity index (χ0n) is 11.7. The van der Waals surface area contributed by atoms with Crippen LogP contribution in [0, 0.1) is 10.1 Å². The Bertz CT molecular complexity index is 738. The van der Waals surface area contributed by atoms with Gasteiger partial charge in [0.05, 0.1) is 12.0 Å². The predicted molar refractivity (Wildman–Crippen MR) is 78.9 cm³/mol. The van der Waals surface area contributed by atoms with Crippen molar-refractivity contribution in [3.8, 4) is 11.5 Å². The van der Waals surface area contributed by atoms with Crippen molar-refractivity contribution < 1.29 is 19.6 Å². The minimum Gasteiger partial charge on any atom is -0.865 e. The minimum atomic E-state index is -0.793. The number of nitro groups is 1. The van der Waals surface area contributed by atoms with Gasteiger partial charge in [0.25, 0.3) is 5.69 Å². The first-order valence-electron chi connectivity index (χ1n) is 6.34. The van der Waals surface area contributed by atoms with Crippen LogP contribution in [-0.4, -0.2) is 17.8 Å². The summed E-state index contributed by atoms with van der Waals surface area (Å²) in [6.45, 7) is 0. The second-order valence-corrected chi connectivity index (χ2v) is 4.39. The predicted octanol–water partition coefficient (Wildman–Crippen LogP) is 2.57. The summed E-state index contributed by atoms with van der Waals surface area (Å²) >= 11 is 0. The highest BCUT2D eigenvalue weighted by Gasteiger charge is 2.12. The normalized spacial score (nSPS) is 10.6. The molecule has 6 heteroatoms. The standard InChI is InChI=1S/C16H13NO5/c1-22-15-10-11(9-13(16(15)19)17(20)21)7-8-14(18)12-5-3-2-4-6-12/h2-10,19H,1H3/p-1/b8-7+. The Labute approximate surface area is 126 Å². The SMILES string of the molecule is COc1cc(/C=C/C(=O)c2ccccc2)cc([N+](=O)[O-])c1[O-]. The average molecular weight is 298 g/mol. The molecule has 0 atom stereocenters. The van der Waals surface area contributed by atoms with E-state index in [-0.39, 0.29) is 11.5 Å². The molecule has 0 amide bonds. The van der Waals surface area contributed by atoms with Gasteiger partial charge in [0, 0.05) is 17.4 Å². The molecule has 0 aliphatic heterocycles. The fourth-order valence-corrected chi connectivity index (χ4v) is 1.86. The number of nitrogens with zero attached hydrogens (tertiary/aromatic N) is 1. The molecule has 0 heterocycles. The van der Waals surface area contributed by atoms with Gasteiger partial charge in [0.2, 0.25) is 0 Å². The summed E-state index contributed by atoms with van der Waals surface area (Å²) < 4.78 is 4.83. The molecule has 0 saturated carbocycles. The Hall–Kier alpha value is -3.15. The van der Waals surface area contributed by atoms with Crippen molar-refractivity contribution in [3.63, 3.8) is 0 Å². The van der Waals surface area contributed by atoms with Crippen molar-refractivity contribution in [1.82, 2.24) is 0 Å². The summed E-state index contributed by atoms with van der Waals surface area (Å²) in [5.41, 5.74) is 0.249. The number of benzene rings is 2. The molecule has 0 unspecified atom stereocenters. The molecule has 0 N–H and O–H groups in total. The van der Waals surface area contributed by atoms with Crippen molar-refractivity contribution >= 4 is 17.5 Å². The molecule has 2 aromatic carbocycles. The van der Waals surface area contributed by atoms with E-state index in [1.165, 1.54) is 25.3 Å². The first kappa shape index (κ1) is 15.2. The van der Waals surface area contributed by atoms with E-state index in [1.54, 1.807) is 30.3 Å². The molecule has 0 aliphatic carbocycles. The number of rotatable bonds is 5. The maximum atomic E-state index is 11.9. The van der Waals surface area contributed by atoms with Crippen LogP contribution in [0.3, 0.4) is 0 Å². The van der Waals surface area contributed by atoms with Gasteiger partial charge >= 0.3 is 0 Å². The molecule has 0 spiro atoms. The van der Waals surface area contributed by atoms with Crippen LogP contribution in [0.2, 0.25) is 0 Å². The van der Waals surface area contributed by atoms with E-state index in [2.05, 4.69) is 0 Å². The molecule has 0 radical (unpaired) electrons. The minimum absolute atomic E-state index is 0.138. The quantitative estimate of drug-likeness (QED) is 0.366. The van der Waals surface area contributed by atoms with Gasteiger partial charge in [0.15, 0.2) is 5.78 Å².